The molecule has 0 aliphatic carbocycles. The van der Waals surface area contributed by atoms with E-state index in [1.54, 1.807) is 24.3 Å². The number of amides is 1. The van der Waals surface area contributed by atoms with Gasteiger partial charge >= 0.3 is 0 Å². The maximum atomic E-state index is 13.0. The van der Waals surface area contributed by atoms with Gasteiger partial charge in [0.2, 0.25) is 0 Å². The van der Waals surface area contributed by atoms with Crippen LogP contribution in [0, 0.1) is 11.7 Å². The van der Waals surface area contributed by atoms with Gasteiger partial charge in [-0.1, -0.05) is 31.2 Å². The topological polar surface area (TPSA) is 50.4 Å². The highest BCUT2D eigenvalue weighted by molar-refractivity contribution is 5.97. The molecule has 3 rings (SSSR count). The van der Waals surface area contributed by atoms with Crippen molar-refractivity contribution in [3.63, 3.8) is 0 Å². The molecule has 26 heavy (non-hydrogen) atoms. The number of halogens is 2. The van der Waals surface area contributed by atoms with Crippen LogP contribution in [0.1, 0.15) is 29.3 Å². The predicted octanol–water partition coefficient (Wildman–Crippen LogP) is 3.55. The molecule has 1 heterocycles. The summed E-state index contributed by atoms with van der Waals surface area (Å²) in [6.07, 6.45) is 0.922. The highest BCUT2D eigenvalue weighted by Crippen LogP contribution is 2.21. The number of piperidine rings is 1. The smallest absolute Gasteiger partial charge is 0.255 e. The standard InChI is InChI=1S/C20H23FN2O2.ClH/c1-14-12-22-11-10-18(14)23-20(24)17-4-2-3-5-19(17)25-13-15-6-8-16(21)9-7-15;/h2-9,14,18,22H,10-13H2,1H3,(H,23,24);1H. The van der Waals surface area contributed by atoms with E-state index in [2.05, 4.69) is 17.6 Å². The molecule has 1 aliphatic heterocycles. The van der Waals surface area contributed by atoms with Crippen molar-refractivity contribution in [1.29, 1.82) is 0 Å². The van der Waals surface area contributed by atoms with Gasteiger partial charge in [0.1, 0.15) is 18.2 Å². The minimum absolute atomic E-state index is 0. The zero-order valence-electron chi connectivity index (χ0n) is 14.7. The van der Waals surface area contributed by atoms with E-state index in [1.165, 1.54) is 12.1 Å². The summed E-state index contributed by atoms with van der Waals surface area (Å²) in [7, 11) is 0. The second-order valence-electron chi connectivity index (χ2n) is 6.46. The summed E-state index contributed by atoms with van der Waals surface area (Å²) in [5.74, 6) is 0.531. The van der Waals surface area contributed by atoms with Crippen molar-refractivity contribution in [3.05, 3.63) is 65.5 Å². The number of benzene rings is 2. The van der Waals surface area contributed by atoms with E-state index < -0.39 is 0 Å². The molecule has 1 amide bonds. The molecule has 0 aromatic heterocycles. The normalized spacial score (nSPS) is 19.3. The quantitative estimate of drug-likeness (QED) is 0.836. The van der Waals surface area contributed by atoms with Crippen molar-refractivity contribution in [2.75, 3.05) is 13.1 Å². The highest BCUT2D eigenvalue weighted by Gasteiger charge is 2.24. The SMILES string of the molecule is CC1CNCCC1NC(=O)c1ccccc1OCc1ccc(F)cc1.Cl. The lowest BCUT2D eigenvalue weighted by atomic mass is 9.95. The Kier molecular flexibility index (Phi) is 7.42. The van der Waals surface area contributed by atoms with E-state index in [4.69, 9.17) is 4.74 Å². The molecule has 0 radical (unpaired) electrons. The van der Waals surface area contributed by atoms with Crippen LogP contribution in [0.5, 0.6) is 5.75 Å². The molecular formula is C20H24ClFN2O2. The zero-order chi connectivity index (χ0) is 17.6. The molecule has 2 atom stereocenters. The second-order valence-corrected chi connectivity index (χ2v) is 6.46. The summed E-state index contributed by atoms with van der Waals surface area (Å²) in [5.41, 5.74) is 1.37. The van der Waals surface area contributed by atoms with Crippen LogP contribution in [-0.2, 0) is 6.61 Å². The highest BCUT2D eigenvalue weighted by atomic mass is 35.5. The van der Waals surface area contributed by atoms with Crippen LogP contribution < -0.4 is 15.4 Å². The number of carbonyl (C=O) groups excluding carboxylic acids is 1. The minimum Gasteiger partial charge on any atom is -0.488 e. The van der Waals surface area contributed by atoms with Gasteiger partial charge in [-0.3, -0.25) is 4.79 Å². The van der Waals surface area contributed by atoms with Crippen molar-refractivity contribution < 1.29 is 13.9 Å². The van der Waals surface area contributed by atoms with E-state index in [0.29, 0.717) is 17.2 Å². The van der Waals surface area contributed by atoms with Crippen molar-refractivity contribution in [2.24, 2.45) is 5.92 Å². The molecule has 2 unspecified atom stereocenters. The molecule has 1 saturated heterocycles. The first kappa shape index (κ1) is 20.2. The van der Waals surface area contributed by atoms with Gasteiger partial charge in [0.05, 0.1) is 5.56 Å². The van der Waals surface area contributed by atoms with Gasteiger partial charge in [0.25, 0.3) is 5.91 Å². The Morgan fingerprint density at radius 2 is 1.96 bits per heavy atom. The lowest BCUT2D eigenvalue weighted by Gasteiger charge is -2.30. The summed E-state index contributed by atoms with van der Waals surface area (Å²) in [4.78, 5) is 12.7. The number of carbonyl (C=O) groups is 1. The summed E-state index contributed by atoms with van der Waals surface area (Å²) < 4.78 is 18.8. The Bertz CT molecular complexity index is 724. The first-order valence-electron chi connectivity index (χ1n) is 8.61. The van der Waals surface area contributed by atoms with Crippen LogP contribution in [0.4, 0.5) is 4.39 Å². The van der Waals surface area contributed by atoms with Crippen molar-refractivity contribution in [1.82, 2.24) is 10.6 Å². The Hall–Kier alpha value is -2.11. The van der Waals surface area contributed by atoms with E-state index in [9.17, 15) is 9.18 Å². The maximum Gasteiger partial charge on any atom is 0.255 e. The third-order valence-electron chi connectivity index (χ3n) is 4.54. The second kappa shape index (κ2) is 9.55. The number of ether oxygens (including phenoxy) is 1. The van der Waals surface area contributed by atoms with Gasteiger partial charge in [-0.25, -0.2) is 4.39 Å². The fourth-order valence-electron chi connectivity index (χ4n) is 3.00. The largest absolute Gasteiger partial charge is 0.488 e. The third kappa shape index (κ3) is 5.19. The molecule has 0 spiro atoms. The van der Waals surface area contributed by atoms with Gasteiger partial charge in [-0.15, -0.1) is 12.4 Å². The molecule has 1 fully saturated rings. The minimum atomic E-state index is -0.278. The lowest BCUT2D eigenvalue weighted by molar-refractivity contribution is 0.0909. The molecule has 0 saturated carbocycles. The number of para-hydroxylation sites is 1. The summed E-state index contributed by atoms with van der Waals surface area (Å²) in [6, 6.07) is 13.5. The van der Waals surface area contributed by atoms with Gasteiger partial charge in [0, 0.05) is 6.04 Å². The van der Waals surface area contributed by atoms with E-state index >= 15 is 0 Å². The Morgan fingerprint density at radius 1 is 1.23 bits per heavy atom. The van der Waals surface area contributed by atoms with Crippen LogP contribution >= 0.6 is 12.4 Å². The summed E-state index contributed by atoms with van der Waals surface area (Å²) >= 11 is 0. The van der Waals surface area contributed by atoms with E-state index in [0.717, 1.165) is 25.1 Å². The van der Waals surface area contributed by atoms with Crippen molar-refractivity contribution in [2.45, 2.75) is 26.0 Å². The third-order valence-corrected chi connectivity index (χ3v) is 4.54. The van der Waals surface area contributed by atoms with Crippen LogP contribution in [0.25, 0.3) is 0 Å². The van der Waals surface area contributed by atoms with Crippen molar-refractivity contribution >= 4 is 18.3 Å². The van der Waals surface area contributed by atoms with E-state index in [-0.39, 0.29) is 36.8 Å². The molecule has 4 nitrogen and oxygen atoms in total. The molecule has 6 heteroatoms. The number of rotatable bonds is 5. The molecule has 2 aromatic carbocycles. The monoisotopic (exact) mass is 378 g/mol. The molecular weight excluding hydrogens is 355 g/mol. The average Bonchev–Trinajstić information content (AvgIpc) is 2.63. The number of hydrogen-bond acceptors (Lipinski definition) is 3. The first-order chi connectivity index (χ1) is 12.1. The van der Waals surface area contributed by atoms with Gasteiger partial charge < -0.3 is 15.4 Å². The first-order valence-corrected chi connectivity index (χ1v) is 8.61. The fourth-order valence-corrected chi connectivity index (χ4v) is 3.00. The Labute approximate surface area is 159 Å². The number of nitrogens with one attached hydrogen (secondary N) is 2. The van der Waals surface area contributed by atoms with Crippen LogP contribution in [0.2, 0.25) is 0 Å². The van der Waals surface area contributed by atoms with Gasteiger partial charge in [-0.2, -0.15) is 0 Å². The molecule has 140 valence electrons. The van der Waals surface area contributed by atoms with Gasteiger partial charge in [-0.05, 0) is 55.3 Å². The Morgan fingerprint density at radius 3 is 2.69 bits per heavy atom. The molecule has 0 bridgehead atoms. The number of hydrogen-bond donors (Lipinski definition) is 2. The van der Waals surface area contributed by atoms with Crippen LogP contribution in [0.3, 0.4) is 0 Å². The maximum absolute atomic E-state index is 13.0. The predicted molar refractivity (Wildman–Crippen MR) is 102 cm³/mol. The molecule has 1 aliphatic rings. The molecule has 2 N–H and O–H groups in total. The average molecular weight is 379 g/mol. The van der Waals surface area contributed by atoms with Crippen molar-refractivity contribution in [3.8, 4) is 5.75 Å². The lowest BCUT2D eigenvalue weighted by Crippen LogP contribution is -2.48. The summed E-state index contributed by atoms with van der Waals surface area (Å²) in [5, 5.41) is 6.45. The van der Waals surface area contributed by atoms with Crippen LogP contribution in [0.15, 0.2) is 48.5 Å². The Balaban J connectivity index is 0.00000243. The summed E-state index contributed by atoms with van der Waals surface area (Å²) in [6.45, 7) is 4.24. The van der Waals surface area contributed by atoms with Crippen LogP contribution in [-0.4, -0.2) is 25.0 Å². The zero-order valence-corrected chi connectivity index (χ0v) is 15.5. The fraction of sp³-hybridized carbons (Fsp3) is 0.350. The van der Waals surface area contributed by atoms with E-state index in [1.807, 2.05) is 12.1 Å². The molecule has 2 aromatic rings. The van der Waals surface area contributed by atoms with Gasteiger partial charge in [0.15, 0.2) is 0 Å².